The maximum Gasteiger partial charge on any atom is 0.264 e. The standard InChI is InChI=1S/C33H39Cl2N3O4S/c1-3-24-15-18-27(19-16-24)38(43(41,42)28-13-9-6-10-14-28)23-32(39)37(22-25-17-20-29(34)30(35)21-25)31(4-2)33(40)36-26-11-7-5-8-12-26/h6,9-10,13-21,26,31H,3-5,7-8,11-12,22-23H2,1-2H3,(H,36,40). The second-order valence-corrected chi connectivity index (χ2v) is 13.6. The summed E-state index contributed by atoms with van der Waals surface area (Å²) in [7, 11) is -4.12. The van der Waals surface area contributed by atoms with Gasteiger partial charge in [0.2, 0.25) is 11.8 Å². The highest BCUT2D eigenvalue weighted by Gasteiger charge is 2.34. The summed E-state index contributed by atoms with van der Waals surface area (Å²) < 4.78 is 29.1. The van der Waals surface area contributed by atoms with Crippen molar-refractivity contribution in [3.05, 3.63) is 94.0 Å². The first-order valence-corrected chi connectivity index (χ1v) is 17.0. The van der Waals surface area contributed by atoms with Crippen LogP contribution >= 0.6 is 23.2 Å². The number of amides is 2. The summed E-state index contributed by atoms with van der Waals surface area (Å²) in [5.74, 6) is -0.747. The lowest BCUT2D eigenvalue weighted by atomic mass is 9.95. The van der Waals surface area contributed by atoms with E-state index >= 15 is 0 Å². The van der Waals surface area contributed by atoms with E-state index in [1.807, 2.05) is 26.0 Å². The van der Waals surface area contributed by atoms with Gasteiger partial charge in [-0.05, 0) is 73.2 Å². The zero-order chi connectivity index (χ0) is 31.0. The molecule has 1 aliphatic rings. The normalized spacial score (nSPS) is 14.6. The molecule has 0 aliphatic heterocycles. The topological polar surface area (TPSA) is 86.8 Å². The molecule has 1 atom stereocenters. The van der Waals surface area contributed by atoms with E-state index in [-0.39, 0.29) is 23.4 Å². The first-order valence-electron chi connectivity index (χ1n) is 14.8. The molecule has 1 unspecified atom stereocenters. The van der Waals surface area contributed by atoms with Crippen LogP contribution in [0.25, 0.3) is 0 Å². The first-order chi connectivity index (χ1) is 20.6. The quantitative estimate of drug-likeness (QED) is 0.230. The van der Waals surface area contributed by atoms with Crippen molar-refractivity contribution in [2.75, 3.05) is 10.8 Å². The van der Waals surface area contributed by atoms with Crippen molar-refractivity contribution in [1.82, 2.24) is 10.2 Å². The number of carbonyl (C=O) groups excluding carboxylic acids is 2. The lowest BCUT2D eigenvalue weighted by Gasteiger charge is -2.34. The van der Waals surface area contributed by atoms with Gasteiger partial charge < -0.3 is 10.2 Å². The first kappa shape index (κ1) is 32.8. The number of aryl methyl sites for hydroxylation is 1. The second kappa shape index (κ2) is 15.1. The van der Waals surface area contributed by atoms with E-state index in [2.05, 4.69) is 5.32 Å². The maximum absolute atomic E-state index is 14.3. The van der Waals surface area contributed by atoms with Crippen molar-refractivity contribution < 1.29 is 18.0 Å². The van der Waals surface area contributed by atoms with Crippen molar-refractivity contribution in [2.24, 2.45) is 0 Å². The van der Waals surface area contributed by atoms with Gasteiger partial charge >= 0.3 is 0 Å². The highest BCUT2D eigenvalue weighted by Crippen LogP contribution is 2.27. The van der Waals surface area contributed by atoms with E-state index in [0.717, 1.165) is 48.4 Å². The van der Waals surface area contributed by atoms with E-state index in [0.29, 0.717) is 27.7 Å². The van der Waals surface area contributed by atoms with Gasteiger partial charge in [-0.2, -0.15) is 0 Å². The van der Waals surface area contributed by atoms with Crippen LogP contribution in [0.2, 0.25) is 10.0 Å². The van der Waals surface area contributed by atoms with Crippen molar-refractivity contribution in [2.45, 2.75) is 82.3 Å². The predicted molar refractivity (Wildman–Crippen MR) is 173 cm³/mol. The fourth-order valence-electron chi connectivity index (χ4n) is 5.44. The maximum atomic E-state index is 14.3. The summed E-state index contributed by atoms with van der Waals surface area (Å²) in [4.78, 5) is 29.5. The summed E-state index contributed by atoms with van der Waals surface area (Å²) in [6.45, 7) is 3.43. The van der Waals surface area contributed by atoms with Gasteiger partial charge in [-0.25, -0.2) is 8.42 Å². The third kappa shape index (κ3) is 8.31. The molecule has 230 valence electrons. The average molecular weight is 645 g/mol. The Labute approximate surface area is 265 Å². The molecule has 0 aromatic heterocycles. The number of hydrogen-bond acceptors (Lipinski definition) is 4. The van der Waals surface area contributed by atoms with Gasteiger partial charge in [0.25, 0.3) is 10.0 Å². The zero-order valence-electron chi connectivity index (χ0n) is 24.6. The SMILES string of the molecule is CCc1ccc(N(CC(=O)N(Cc2ccc(Cl)c(Cl)c2)C(CC)C(=O)NC2CCCCC2)S(=O)(=O)c2ccccc2)cc1. The monoisotopic (exact) mass is 643 g/mol. The Bertz CT molecular complexity index is 1490. The van der Waals surface area contributed by atoms with Crippen LogP contribution in [0.4, 0.5) is 5.69 Å². The Morgan fingerprint density at radius 3 is 2.14 bits per heavy atom. The number of rotatable bonds is 12. The summed E-state index contributed by atoms with van der Waals surface area (Å²) in [6, 6.07) is 19.5. The van der Waals surface area contributed by atoms with Gasteiger partial charge in [0, 0.05) is 12.6 Å². The number of sulfonamides is 1. The van der Waals surface area contributed by atoms with Crippen LogP contribution in [0, 0.1) is 0 Å². The van der Waals surface area contributed by atoms with Gasteiger partial charge in [0.05, 0.1) is 20.6 Å². The minimum absolute atomic E-state index is 0.0559. The number of nitrogens with zero attached hydrogens (tertiary/aromatic N) is 2. The van der Waals surface area contributed by atoms with Gasteiger partial charge in [0.15, 0.2) is 0 Å². The van der Waals surface area contributed by atoms with E-state index in [1.165, 1.54) is 17.0 Å². The molecular weight excluding hydrogens is 605 g/mol. The number of carbonyl (C=O) groups is 2. The molecule has 0 saturated heterocycles. The van der Waals surface area contributed by atoms with E-state index in [4.69, 9.17) is 23.2 Å². The fraction of sp³-hybridized carbons (Fsp3) is 0.394. The van der Waals surface area contributed by atoms with Crippen LogP contribution in [-0.4, -0.2) is 43.8 Å². The van der Waals surface area contributed by atoms with Crippen molar-refractivity contribution >= 4 is 50.7 Å². The second-order valence-electron chi connectivity index (χ2n) is 10.9. The van der Waals surface area contributed by atoms with Gasteiger partial charge in [-0.15, -0.1) is 0 Å². The molecule has 10 heteroatoms. The van der Waals surface area contributed by atoms with Crippen molar-refractivity contribution in [1.29, 1.82) is 0 Å². The van der Waals surface area contributed by atoms with Crippen LogP contribution in [0.1, 0.15) is 63.5 Å². The van der Waals surface area contributed by atoms with E-state index < -0.39 is 28.5 Å². The Morgan fingerprint density at radius 1 is 0.884 bits per heavy atom. The summed E-state index contributed by atoms with van der Waals surface area (Å²) in [5, 5.41) is 3.86. The molecule has 0 radical (unpaired) electrons. The van der Waals surface area contributed by atoms with Crippen LogP contribution in [-0.2, 0) is 32.6 Å². The van der Waals surface area contributed by atoms with Crippen LogP contribution in [0.15, 0.2) is 77.7 Å². The summed E-state index contributed by atoms with van der Waals surface area (Å²) in [6.07, 6.45) is 6.20. The number of hydrogen-bond donors (Lipinski definition) is 1. The molecule has 43 heavy (non-hydrogen) atoms. The molecule has 7 nitrogen and oxygen atoms in total. The molecule has 4 rings (SSSR count). The van der Waals surface area contributed by atoms with E-state index in [9.17, 15) is 18.0 Å². The highest BCUT2D eigenvalue weighted by molar-refractivity contribution is 7.92. The van der Waals surface area contributed by atoms with Crippen LogP contribution in [0.3, 0.4) is 0 Å². The molecule has 0 spiro atoms. The predicted octanol–water partition coefficient (Wildman–Crippen LogP) is 7.01. The van der Waals surface area contributed by atoms with Gasteiger partial charge in [-0.1, -0.05) is 92.7 Å². The third-order valence-corrected chi connectivity index (χ3v) is 10.4. The number of nitrogens with one attached hydrogen (secondary N) is 1. The lowest BCUT2D eigenvalue weighted by Crippen LogP contribution is -2.54. The molecule has 3 aromatic carbocycles. The van der Waals surface area contributed by atoms with Crippen LogP contribution in [0.5, 0.6) is 0 Å². The molecule has 1 saturated carbocycles. The zero-order valence-corrected chi connectivity index (χ0v) is 27.0. The number of anilines is 1. The number of benzene rings is 3. The molecule has 1 N–H and O–H groups in total. The third-order valence-electron chi connectivity index (χ3n) is 7.92. The Kier molecular flexibility index (Phi) is 11.5. The molecule has 0 heterocycles. The van der Waals surface area contributed by atoms with Crippen molar-refractivity contribution in [3.63, 3.8) is 0 Å². The Hall–Kier alpha value is -3.07. The molecule has 1 aliphatic carbocycles. The molecule has 0 bridgehead atoms. The van der Waals surface area contributed by atoms with E-state index in [1.54, 1.807) is 48.5 Å². The molecule has 3 aromatic rings. The van der Waals surface area contributed by atoms with Gasteiger partial charge in [-0.3, -0.25) is 13.9 Å². The van der Waals surface area contributed by atoms with Gasteiger partial charge in [0.1, 0.15) is 12.6 Å². The molecule has 1 fully saturated rings. The lowest BCUT2D eigenvalue weighted by molar-refractivity contribution is -0.140. The van der Waals surface area contributed by atoms with Crippen molar-refractivity contribution in [3.8, 4) is 0 Å². The minimum Gasteiger partial charge on any atom is -0.352 e. The summed E-state index contributed by atoms with van der Waals surface area (Å²) >= 11 is 12.4. The fourth-order valence-corrected chi connectivity index (χ4v) is 7.20. The highest BCUT2D eigenvalue weighted by atomic mass is 35.5. The Morgan fingerprint density at radius 2 is 1.53 bits per heavy atom. The number of halogens is 2. The summed E-state index contributed by atoms with van der Waals surface area (Å²) in [5.41, 5.74) is 2.08. The Balaban J connectivity index is 1.71. The smallest absolute Gasteiger partial charge is 0.264 e. The minimum atomic E-state index is -4.12. The molecular formula is C33H39Cl2N3O4S. The average Bonchev–Trinajstić information content (AvgIpc) is 3.02. The largest absolute Gasteiger partial charge is 0.352 e. The van der Waals surface area contributed by atoms with Crippen LogP contribution < -0.4 is 9.62 Å². The molecule has 2 amide bonds.